The quantitative estimate of drug-likeness (QED) is 0.499. The Labute approximate surface area is 229 Å². The zero-order valence-electron chi connectivity index (χ0n) is 22.3. The number of piperidine rings is 1. The van der Waals surface area contributed by atoms with Crippen LogP contribution in [0.2, 0.25) is 0 Å². The third kappa shape index (κ3) is 5.79. The Morgan fingerprint density at radius 1 is 0.872 bits per heavy atom. The molecule has 2 atom stereocenters. The smallest absolute Gasteiger partial charge is 0.326 e. The van der Waals surface area contributed by atoms with Crippen LogP contribution in [0, 0.1) is 5.92 Å². The summed E-state index contributed by atoms with van der Waals surface area (Å²) in [7, 11) is 0. The van der Waals surface area contributed by atoms with Crippen LogP contribution >= 0.6 is 0 Å². The molecule has 3 amide bonds. The summed E-state index contributed by atoms with van der Waals surface area (Å²) in [6.07, 6.45) is 7.15. The maximum absolute atomic E-state index is 13.5. The Balaban J connectivity index is 1.08. The number of aromatic nitrogens is 2. The lowest BCUT2D eigenvalue weighted by molar-refractivity contribution is -0.133. The predicted molar refractivity (Wildman–Crippen MR) is 150 cm³/mol. The summed E-state index contributed by atoms with van der Waals surface area (Å²) < 4.78 is 1.77. The lowest BCUT2D eigenvalue weighted by Crippen LogP contribution is -2.53. The van der Waals surface area contributed by atoms with Crippen LogP contribution in [0.15, 0.2) is 71.7 Å². The topological polar surface area (TPSA) is 90.4 Å². The van der Waals surface area contributed by atoms with E-state index in [0.29, 0.717) is 44.8 Å². The first-order valence-corrected chi connectivity index (χ1v) is 14.3. The van der Waals surface area contributed by atoms with Crippen LogP contribution in [0.3, 0.4) is 0 Å². The average molecular weight is 528 g/mol. The third-order valence-corrected chi connectivity index (χ3v) is 8.57. The zero-order chi connectivity index (χ0) is 26.8. The number of hydrogen-bond donors (Lipinski definition) is 2. The number of carbonyl (C=O) groups excluding carboxylic acids is 2. The summed E-state index contributed by atoms with van der Waals surface area (Å²) in [4.78, 5) is 46.3. The average Bonchev–Trinajstić information content (AvgIpc) is 3.74. The number of urea groups is 1. The first-order chi connectivity index (χ1) is 19.0. The number of hydrogen-bond acceptors (Lipinski definition) is 3. The third-order valence-electron chi connectivity index (χ3n) is 8.57. The molecule has 0 radical (unpaired) electrons. The fraction of sp³-hybridized carbons (Fsp3) is 0.452. The van der Waals surface area contributed by atoms with Gasteiger partial charge in [0.2, 0.25) is 5.91 Å². The van der Waals surface area contributed by atoms with Gasteiger partial charge >= 0.3 is 11.7 Å². The Morgan fingerprint density at radius 2 is 1.56 bits per heavy atom. The first kappa shape index (κ1) is 25.5. The number of benzene rings is 2. The Bertz CT molecular complexity index is 1340. The van der Waals surface area contributed by atoms with Crippen molar-refractivity contribution < 1.29 is 9.59 Å². The number of rotatable bonds is 6. The van der Waals surface area contributed by atoms with Gasteiger partial charge in [0.25, 0.3) is 0 Å². The molecule has 3 aliphatic rings. The summed E-state index contributed by atoms with van der Waals surface area (Å²) in [5.74, 6) is 0.931. The summed E-state index contributed by atoms with van der Waals surface area (Å²) in [6, 6.07) is 19.6. The number of imidazole rings is 1. The normalized spacial score (nSPS) is 22.5. The van der Waals surface area contributed by atoms with Gasteiger partial charge < -0.3 is 20.1 Å². The number of nitrogens with zero attached hydrogens (tertiary/aromatic N) is 3. The van der Waals surface area contributed by atoms with Crippen LogP contribution in [0.4, 0.5) is 4.79 Å². The van der Waals surface area contributed by atoms with Crippen LogP contribution in [-0.4, -0.2) is 63.5 Å². The predicted octanol–water partition coefficient (Wildman–Crippen LogP) is 4.37. The number of aromatic amines is 1. The molecule has 3 fully saturated rings. The second-order valence-electron chi connectivity index (χ2n) is 11.3. The van der Waals surface area contributed by atoms with Gasteiger partial charge in [-0.15, -0.1) is 0 Å². The minimum Gasteiger partial charge on any atom is -0.340 e. The second kappa shape index (κ2) is 11.1. The van der Waals surface area contributed by atoms with Gasteiger partial charge in [-0.2, -0.15) is 0 Å². The highest BCUT2D eigenvalue weighted by Crippen LogP contribution is 2.33. The van der Waals surface area contributed by atoms with Crippen molar-refractivity contribution in [3.05, 3.63) is 82.9 Å². The fourth-order valence-electron chi connectivity index (χ4n) is 6.10. The number of amides is 3. The van der Waals surface area contributed by atoms with E-state index in [-0.39, 0.29) is 29.6 Å². The van der Waals surface area contributed by atoms with Crippen molar-refractivity contribution in [1.29, 1.82) is 0 Å². The van der Waals surface area contributed by atoms with E-state index in [2.05, 4.69) is 34.6 Å². The SMILES string of the molecule is O=C(NC1CCC(c2ccccc2)CN(CC2CC2)C1=O)N1CCC(n2cc(-c3ccccc3)[nH]c2=O)CC1. The molecule has 39 heavy (non-hydrogen) atoms. The van der Waals surface area contributed by atoms with Gasteiger partial charge in [0.15, 0.2) is 0 Å². The summed E-state index contributed by atoms with van der Waals surface area (Å²) in [5.41, 5.74) is 2.92. The molecule has 1 saturated carbocycles. The minimum atomic E-state index is -0.497. The molecule has 2 aromatic carbocycles. The number of carbonyl (C=O) groups is 2. The van der Waals surface area contributed by atoms with E-state index in [1.807, 2.05) is 47.5 Å². The molecule has 8 nitrogen and oxygen atoms in total. The Hall–Kier alpha value is -3.81. The summed E-state index contributed by atoms with van der Waals surface area (Å²) in [6.45, 7) is 2.60. The highest BCUT2D eigenvalue weighted by Gasteiger charge is 2.36. The minimum absolute atomic E-state index is 0.0374. The molecule has 2 aliphatic heterocycles. The van der Waals surface area contributed by atoms with Crippen molar-refractivity contribution in [3.8, 4) is 11.3 Å². The molecule has 3 aromatic rings. The van der Waals surface area contributed by atoms with E-state index in [9.17, 15) is 14.4 Å². The van der Waals surface area contributed by atoms with Gasteiger partial charge in [0, 0.05) is 44.3 Å². The summed E-state index contributed by atoms with van der Waals surface area (Å²) in [5, 5.41) is 3.09. The molecule has 204 valence electrons. The lowest BCUT2D eigenvalue weighted by Gasteiger charge is -2.33. The van der Waals surface area contributed by atoms with Crippen molar-refractivity contribution in [1.82, 2.24) is 24.7 Å². The van der Waals surface area contributed by atoms with E-state index in [1.165, 1.54) is 18.4 Å². The van der Waals surface area contributed by atoms with Gasteiger partial charge in [-0.3, -0.25) is 9.36 Å². The zero-order valence-corrected chi connectivity index (χ0v) is 22.3. The van der Waals surface area contributed by atoms with E-state index < -0.39 is 6.04 Å². The van der Waals surface area contributed by atoms with Crippen LogP contribution in [0.25, 0.3) is 11.3 Å². The molecule has 8 heteroatoms. The first-order valence-electron chi connectivity index (χ1n) is 14.3. The van der Waals surface area contributed by atoms with Crippen LogP contribution < -0.4 is 11.0 Å². The van der Waals surface area contributed by atoms with Gasteiger partial charge in [-0.25, -0.2) is 9.59 Å². The van der Waals surface area contributed by atoms with E-state index in [4.69, 9.17) is 0 Å². The highest BCUT2D eigenvalue weighted by molar-refractivity contribution is 5.87. The summed E-state index contributed by atoms with van der Waals surface area (Å²) >= 11 is 0. The Kier molecular flexibility index (Phi) is 7.26. The maximum atomic E-state index is 13.5. The highest BCUT2D eigenvalue weighted by atomic mass is 16.2. The number of likely N-dealkylation sites (tertiary alicyclic amines) is 2. The van der Waals surface area contributed by atoms with Crippen molar-refractivity contribution in [2.24, 2.45) is 5.92 Å². The van der Waals surface area contributed by atoms with Crippen LogP contribution in [0.5, 0.6) is 0 Å². The maximum Gasteiger partial charge on any atom is 0.326 e. The van der Waals surface area contributed by atoms with Gasteiger partial charge in [0.05, 0.1) is 5.69 Å². The fourth-order valence-corrected chi connectivity index (χ4v) is 6.10. The van der Waals surface area contributed by atoms with Crippen molar-refractivity contribution in [3.63, 3.8) is 0 Å². The Morgan fingerprint density at radius 3 is 2.26 bits per heavy atom. The van der Waals surface area contributed by atoms with Crippen molar-refractivity contribution in [2.75, 3.05) is 26.2 Å². The molecular formula is C31H37N5O3. The van der Waals surface area contributed by atoms with Crippen molar-refractivity contribution >= 4 is 11.9 Å². The van der Waals surface area contributed by atoms with E-state index in [1.54, 1.807) is 9.47 Å². The molecular weight excluding hydrogens is 490 g/mol. The van der Waals surface area contributed by atoms with E-state index in [0.717, 1.165) is 24.2 Å². The molecule has 1 aliphatic carbocycles. The van der Waals surface area contributed by atoms with E-state index >= 15 is 0 Å². The molecule has 1 aromatic heterocycles. The largest absolute Gasteiger partial charge is 0.340 e. The molecule has 2 saturated heterocycles. The number of H-pyrrole nitrogens is 1. The van der Waals surface area contributed by atoms with Crippen LogP contribution in [-0.2, 0) is 4.79 Å². The molecule has 0 bridgehead atoms. The molecule has 0 spiro atoms. The molecule has 6 rings (SSSR count). The molecule has 3 heterocycles. The standard InChI is InChI=1S/C31H37N5O3/c37-29-27(14-13-25(23-7-3-1-4-8-23)20-35(29)19-22-11-12-22)32-30(38)34-17-15-26(16-18-34)36-21-28(33-31(36)39)24-9-5-2-6-10-24/h1-10,21-22,25-27H,11-20H2,(H,32,38)(H,33,39). The molecule has 2 N–H and O–H groups in total. The number of nitrogens with one attached hydrogen (secondary N) is 2. The van der Waals surface area contributed by atoms with Gasteiger partial charge in [-0.05, 0) is 55.6 Å². The second-order valence-corrected chi connectivity index (χ2v) is 11.3. The lowest BCUT2D eigenvalue weighted by atomic mass is 9.93. The monoisotopic (exact) mass is 527 g/mol. The molecule has 2 unspecified atom stereocenters. The van der Waals surface area contributed by atoms with Crippen LogP contribution in [0.1, 0.15) is 56.0 Å². The van der Waals surface area contributed by atoms with Gasteiger partial charge in [0.1, 0.15) is 6.04 Å². The van der Waals surface area contributed by atoms with Crippen molar-refractivity contribution in [2.45, 2.75) is 56.5 Å². The van der Waals surface area contributed by atoms with Gasteiger partial charge in [-0.1, -0.05) is 60.7 Å².